The summed E-state index contributed by atoms with van der Waals surface area (Å²) in [5, 5.41) is 4.24. The number of hydrogen-bond donors (Lipinski definition) is 1. The zero-order chi connectivity index (χ0) is 21.3. The molecule has 0 radical (unpaired) electrons. The average molecular weight is 428 g/mol. The first-order valence-corrected chi connectivity index (χ1v) is 9.52. The van der Waals surface area contributed by atoms with Crippen LogP contribution in [0, 0.1) is 5.82 Å². The molecule has 0 aliphatic rings. The number of nitrogens with zero attached hydrogens (tertiary/aromatic N) is 2. The van der Waals surface area contributed by atoms with E-state index in [0.29, 0.717) is 34.3 Å². The molecule has 3 aromatic rings. The summed E-state index contributed by atoms with van der Waals surface area (Å²) in [4.78, 5) is 15.9. The van der Waals surface area contributed by atoms with Crippen LogP contribution in [0.2, 0.25) is 5.02 Å². The summed E-state index contributed by atoms with van der Waals surface area (Å²) in [6.45, 7) is 2.21. The fourth-order valence-electron chi connectivity index (χ4n) is 2.54. The van der Waals surface area contributed by atoms with E-state index in [1.807, 2.05) is 6.92 Å². The number of ether oxygens (including phenoxy) is 2. The maximum absolute atomic E-state index is 13.9. The second-order valence-electron chi connectivity index (χ2n) is 6.07. The number of benzene rings is 2. The molecular formula is C22H19ClFN3O3. The van der Waals surface area contributed by atoms with E-state index in [4.69, 9.17) is 21.1 Å². The van der Waals surface area contributed by atoms with Crippen molar-refractivity contribution in [2.45, 2.75) is 13.5 Å². The number of hydrazone groups is 1. The highest BCUT2D eigenvalue weighted by Crippen LogP contribution is 2.30. The molecule has 8 heteroatoms. The van der Waals surface area contributed by atoms with E-state index in [1.54, 1.807) is 42.6 Å². The van der Waals surface area contributed by atoms with Gasteiger partial charge in [0.1, 0.15) is 12.4 Å². The quantitative estimate of drug-likeness (QED) is 0.420. The van der Waals surface area contributed by atoms with Gasteiger partial charge in [-0.05, 0) is 55.0 Å². The Kier molecular flexibility index (Phi) is 7.34. The molecule has 1 heterocycles. The van der Waals surface area contributed by atoms with Gasteiger partial charge in [-0.1, -0.05) is 17.7 Å². The number of pyridine rings is 1. The highest BCUT2D eigenvalue weighted by molar-refractivity contribution is 6.31. The molecular weight excluding hydrogens is 409 g/mol. The van der Waals surface area contributed by atoms with Crippen LogP contribution in [-0.2, 0) is 6.61 Å². The van der Waals surface area contributed by atoms with Gasteiger partial charge in [0.15, 0.2) is 11.5 Å². The van der Waals surface area contributed by atoms with Gasteiger partial charge in [-0.25, -0.2) is 9.82 Å². The molecule has 1 amide bonds. The minimum Gasteiger partial charge on any atom is -0.490 e. The zero-order valence-corrected chi connectivity index (χ0v) is 16.9. The summed E-state index contributed by atoms with van der Waals surface area (Å²) >= 11 is 6.04. The number of aromatic nitrogens is 1. The van der Waals surface area contributed by atoms with Gasteiger partial charge >= 0.3 is 0 Å². The van der Waals surface area contributed by atoms with Gasteiger partial charge in [-0.3, -0.25) is 9.78 Å². The Morgan fingerprint density at radius 3 is 2.80 bits per heavy atom. The van der Waals surface area contributed by atoms with Gasteiger partial charge in [0.25, 0.3) is 5.91 Å². The molecule has 154 valence electrons. The Morgan fingerprint density at radius 2 is 2.07 bits per heavy atom. The summed E-state index contributed by atoms with van der Waals surface area (Å²) < 4.78 is 25.3. The van der Waals surface area contributed by atoms with Crippen LogP contribution in [0.3, 0.4) is 0 Å². The van der Waals surface area contributed by atoms with Gasteiger partial charge in [0, 0.05) is 18.0 Å². The van der Waals surface area contributed by atoms with Gasteiger partial charge in [-0.15, -0.1) is 0 Å². The lowest BCUT2D eigenvalue weighted by molar-refractivity contribution is 0.0955. The summed E-state index contributed by atoms with van der Waals surface area (Å²) in [7, 11) is 0. The molecule has 0 spiro atoms. The fraction of sp³-hybridized carbons (Fsp3) is 0.136. The SMILES string of the molecule is CCOc1cc(C=NNC(=O)c2cccnc2)ccc1OCc1c(F)cccc1Cl. The smallest absolute Gasteiger partial charge is 0.272 e. The van der Waals surface area contributed by atoms with Crippen LogP contribution in [0.15, 0.2) is 66.0 Å². The molecule has 30 heavy (non-hydrogen) atoms. The molecule has 3 rings (SSSR count). The number of nitrogens with one attached hydrogen (secondary N) is 1. The fourth-order valence-corrected chi connectivity index (χ4v) is 2.76. The maximum Gasteiger partial charge on any atom is 0.272 e. The lowest BCUT2D eigenvalue weighted by Gasteiger charge is -2.13. The van der Waals surface area contributed by atoms with Crippen LogP contribution < -0.4 is 14.9 Å². The molecule has 0 unspecified atom stereocenters. The van der Waals surface area contributed by atoms with Crippen molar-refractivity contribution in [2.75, 3.05) is 6.61 Å². The molecule has 0 bridgehead atoms. The van der Waals surface area contributed by atoms with Crippen molar-refractivity contribution >= 4 is 23.7 Å². The molecule has 0 saturated heterocycles. The summed E-state index contributed by atoms with van der Waals surface area (Å²) in [5.74, 6) is 0.0971. The van der Waals surface area contributed by atoms with Crippen molar-refractivity contribution in [3.63, 3.8) is 0 Å². The molecule has 0 atom stereocenters. The first-order chi connectivity index (χ1) is 14.6. The lowest BCUT2D eigenvalue weighted by atomic mass is 10.2. The Bertz CT molecular complexity index is 1020. The molecule has 6 nitrogen and oxygen atoms in total. The topological polar surface area (TPSA) is 72.8 Å². The van der Waals surface area contributed by atoms with Crippen LogP contribution >= 0.6 is 11.6 Å². The maximum atomic E-state index is 13.9. The summed E-state index contributed by atoms with van der Waals surface area (Å²) in [6, 6.07) is 12.9. The minimum atomic E-state index is -0.437. The normalized spacial score (nSPS) is 10.8. The van der Waals surface area contributed by atoms with E-state index in [1.165, 1.54) is 24.5 Å². The summed E-state index contributed by atoms with van der Waals surface area (Å²) in [6.07, 6.45) is 4.51. The van der Waals surface area contributed by atoms with E-state index >= 15 is 0 Å². The third kappa shape index (κ3) is 5.55. The molecule has 0 saturated carbocycles. The van der Waals surface area contributed by atoms with Crippen LogP contribution in [0.4, 0.5) is 4.39 Å². The molecule has 0 aliphatic heterocycles. The van der Waals surface area contributed by atoms with Crippen molar-refractivity contribution in [2.24, 2.45) is 5.10 Å². The Hall–Kier alpha value is -3.45. The second kappa shape index (κ2) is 10.4. The molecule has 1 N–H and O–H groups in total. The van der Waals surface area contributed by atoms with Crippen LogP contribution in [-0.4, -0.2) is 23.7 Å². The number of amides is 1. The van der Waals surface area contributed by atoms with Gasteiger partial charge < -0.3 is 9.47 Å². The van der Waals surface area contributed by atoms with E-state index in [0.717, 1.165) is 0 Å². The van der Waals surface area contributed by atoms with Gasteiger partial charge in [0.2, 0.25) is 0 Å². The minimum absolute atomic E-state index is 0.0415. The lowest BCUT2D eigenvalue weighted by Crippen LogP contribution is -2.17. The van der Waals surface area contributed by atoms with Crippen molar-refractivity contribution < 1.29 is 18.7 Å². The zero-order valence-electron chi connectivity index (χ0n) is 16.1. The number of carbonyl (C=O) groups excluding carboxylic acids is 1. The van der Waals surface area contributed by atoms with Crippen LogP contribution in [0.5, 0.6) is 11.5 Å². The Labute approximate surface area is 178 Å². The largest absolute Gasteiger partial charge is 0.490 e. The second-order valence-corrected chi connectivity index (χ2v) is 6.48. The number of rotatable bonds is 8. The van der Waals surface area contributed by atoms with Crippen molar-refractivity contribution in [3.8, 4) is 11.5 Å². The highest BCUT2D eigenvalue weighted by atomic mass is 35.5. The first-order valence-electron chi connectivity index (χ1n) is 9.14. The molecule has 2 aromatic carbocycles. The van der Waals surface area contributed by atoms with Gasteiger partial charge in [-0.2, -0.15) is 5.10 Å². The molecule has 0 fully saturated rings. The molecule has 0 aliphatic carbocycles. The van der Waals surface area contributed by atoms with Crippen molar-refractivity contribution in [1.29, 1.82) is 0 Å². The summed E-state index contributed by atoms with van der Waals surface area (Å²) in [5.41, 5.74) is 3.79. The first kappa shape index (κ1) is 21.3. The van der Waals surface area contributed by atoms with Crippen molar-refractivity contribution in [1.82, 2.24) is 10.4 Å². The van der Waals surface area contributed by atoms with E-state index in [2.05, 4.69) is 15.5 Å². The highest BCUT2D eigenvalue weighted by Gasteiger charge is 2.11. The molecule has 1 aromatic heterocycles. The third-order valence-electron chi connectivity index (χ3n) is 4.00. The predicted octanol–water partition coefficient (Wildman–Crippen LogP) is 4.62. The predicted molar refractivity (Wildman–Crippen MR) is 113 cm³/mol. The van der Waals surface area contributed by atoms with E-state index in [9.17, 15) is 9.18 Å². The van der Waals surface area contributed by atoms with Gasteiger partial charge in [0.05, 0.1) is 23.4 Å². The third-order valence-corrected chi connectivity index (χ3v) is 4.36. The van der Waals surface area contributed by atoms with E-state index in [-0.39, 0.29) is 18.1 Å². The number of hydrogen-bond acceptors (Lipinski definition) is 5. The van der Waals surface area contributed by atoms with Crippen LogP contribution in [0.1, 0.15) is 28.4 Å². The van der Waals surface area contributed by atoms with Crippen LogP contribution in [0.25, 0.3) is 0 Å². The average Bonchev–Trinajstić information content (AvgIpc) is 2.75. The monoisotopic (exact) mass is 427 g/mol. The standard InChI is InChI=1S/C22H19ClFN3O3/c1-2-29-21-11-15(12-26-27-22(28)16-5-4-10-25-13-16)8-9-20(21)30-14-17-18(23)6-3-7-19(17)24/h3-13H,2,14H2,1H3,(H,27,28). The van der Waals surface area contributed by atoms with Crippen molar-refractivity contribution in [3.05, 3.63) is 88.5 Å². The Balaban J connectivity index is 1.69. The Morgan fingerprint density at radius 1 is 1.20 bits per heavy atom. The number of halogens is 2. The number of carbonyl (C=O) groups is 1. The van der Waals surface area contributed by atoms with E-state index < -0.39 is 5.82 Å².